The van der Waals surface area contributed by atoms with Crippen LogP contribution in [0.3, 0.4) is 0 Å². The summed E-state index contributed by atoms with van der Waals surface area (Å²) >= 11 is 3.07. The van der Waals surface area contributed by atoms with Crippen LogP contribution in [-0.2, 0) is 14.8 Å². The molecular weight excluding hydrogens is 337 g/mol. The van der Waals surface area contributed by atoms with Gasteiger partial charge in [0.15, 0.2) is 0 Å². The van der Waals surface area contributed by atoms with Gasteiger partial charge in [-0.05, 0) is 25.1 Å². The normalized spacial score (nSPS) is 11.5. The van der Waals surface area contributed by atoms with E-state index in [1.807, 2.05) is 0 Å². The lowest BCUT2D eigenvalue weighted by molar-refractivity contribution is 0.162. The van der Waals surface area contributed by atoms with Crippen LogP contribution < -0.4 is 4.72 Å². The molecule has 0 aliphatic rings. The molecule has 0 heterocycles. The molecule has 0 aliphatic carbocycles. The van der Waals surface area contributed by atoms with Crippen LogP contribution in [0.25, 0.3) is 0 Å². The van der Waals surface area contributed by atoms with E-state index in [2.05, 4.69) is 27.2 Å². The Morgan fingerprint density at radius 3 is 2.79 bits per heavy atom. The van der Waals surface area contributed by atoms with Crippen molar-refractivity contribution in [3.63, 3.8) is 0 Å². The molecule has 1 aromatic rings. The zero-order valence-corrected chi connectivity index (χ0v) is 12.9. The summed E-state index contributed by atoms with van der Waals surface area (Å²) in [6, 6.07) is 3.78. The first-order chi connectivity index (χ1) is 8.83. The second kappa shape index (κ2) is 7.14. The SMILES string of the molecule is C=C(C)COCCNS(=O)(=O)c1ccc(Br)cc1F. The van der Waals surface area contributed by atoms with Gasteiger partial charge in [-0.25, -0.2) is 17.5 Å². The highest BCUT2D eigenvalue weighted by Gasteiger charge is 2.18. The average Bonchev–Trinajstić information content (AvgIpc) is 2.27. The van der Waals surface area contributed by atoms with Crippen molar-refractivity contribution >= 4 is 26.0 Å². The summed E-state index contributed by atoms with van der Waals surface area (Å²) in [6.07, 6.45) is 0. The summed E-state index contributed by atoms with van der Waals surface area (Å²) in [4.78, 5) is -0.379. The van der Waals surface area contributed by atoms with E-state index in [4.69, 9.17) is 4.74 Å². The van der Waals surface area contributed by atoms with Gasteiger partial charge in [-0.15, -0.1) is 0 Å². The molecule has 1 N–H and O–H groups in total. The van der Waals surface area contributed by atoms with Crippen molar-refractivity contribution in [1.82, 2.24) is 4.72 Å². The van der Waals surface area contributed by atoms with Gasteiger partial charge in [0.2, 0.25) is 10.0 Å². The van der Waals surface area contributed by atoms with Crippen molar-refractivity contribution in [3.05, 3.63) is 40.6 Å². The summed E-state index contributed by atoms with van der Waals surface area (Å²) in [5.74, 6) is -0.801. The molecular formula is C12H15BrFNO3S. The number of ether oxygens (including phenoxy) is 1. The molecule has 19 heavy (non-hydrogen) atoms. The first-order valence-corrected chi connectivity index (χ1v) is 7.77. The van der Waals surface area contributed by atoms with Crippen LogP contribution in [-0.4, -0.2) is 28.2 Å². The van der Waals surface area contributed by atoms with E-state index in [1.54, 1.807) is 6.92 Å². The first kappa shape index (κ1) is 16.3. The van der Waals surface area contributed by atoms with Crippen LogP contribution in [0.4, 0.5) is 4.39 Å². The maximum absolute atomic E-state index is 13.5. The average molecular weight is 352 g/mol. The molecule has 0 fully saturated rings. The smallest absolute Gasteiger partial charge is 0.243 e. The van der Waals surface area contributed by atoms with Crippen molar-refractivity contribution < 1.29 is 17.5 Å². The van der Waals surface area contributed by atoms with E-state index in [0.29, 0.717) is 11.1 Å². The molecule has 0 radical (unpaired) electrons. The van der Waals surface area contributed by atoms with E-state index in [0.717, 1.165) is 11.6 Å². The van der Waals surface area contributed by atoms with Crippen LogP contribution in [0.1, 0.15) is 6.92 Å². The summed E-state index contributed by atoms with van der Waals surface area (Å²) < 4.78 is 45.1. The van der Waals surface area contributed by atoms with Gasteiger partial charge in [0.25, 0.3) is 0 Å². The highest BCUT2D eigenvalue weighted by molar-refractivity contribution is 9.10. The Morgan fingerprint density at radius 1 is 1.53 bits per heavy atom. The molecule has 106 valence electrons. The second-order valence-corrected chi connectivity index (χ2v) is 6.63. The van der Waals surface area contributed by atoms with Crippen molar-refractivity contribution in [1.29, 1.82) is 0 Å². The second-order valence-electron chi connectivity index (χ2n) is 3.98. The minimum Gasteiger partial charge on any atom is -0.376 e. The molecule has 0 unspecified atom stereocenters. The van der Waals surface area contributed by atoms with Gasteiger partial charge in [-0.1, -0.05) is 28.1 Å². The predicted molar refractivity (Wildman–Crippen MR) is 74.9 cm³/mol. The van der Waals surface area contributed by atoms with Crippen molar-refractivity contribution in [3.8, 4) is 0 Å². The van der Waals surface area contributed by atoms with Crippen molar-refractivity contribution in [2.75, 3.05) is 19.8 Å². The molecule has 0 spiro atoms. The van der Waals surface area contributed by atoms with Crippen LogP contribution >= 0.6 is 15.9 Å². The highest BCUT2D eigenvalue weighted by atomic mass is 79.9. The maximum Gasteiger partial charge on any atom is 0.243 e. The van der Waals surface area contributed by atoms with Crippen molar-refractivity contribution in [2.45, 2.75) is 11.8 Å². The van der Waals surface area contributed by atoms with Gasteiger partial charge in [0.05, 0.1) is 13.2 Å². The highest BCUT2D eigenvalue weighted by Crippen LogP contribution is 2.18. The number of nitrogens with one attached hydrogen (secondary N) is 1. The molecule has 4 nitrogen and oxygen atoms in total. The third kappa shape index (κ3) is 5.40. The number of hydrogen-bond donors (Lipinski definition) is 1. The lowest BCUT2D eigenvalue weighted by atomic mass is 10.3. The maximum atomic E-state index is 13.5. The summed E-state index contributed by atoms with van der Waals surface area (Å²) in [5.41, 5.74) is 0.849. The van der Waals surface area contributed by atoms with Crippen LogP contribution in [0.15, 0.2) is 39.7 Å². The lowest BCUT2D eigenvalue weighted by Crippen LogP contribution is -2.28. The molecule has 0 aliphatic heterocycles. The molecule has 7 heteroatoms. The minimum atomic E-state index is -3.86. The lowest BCUT2D eigenvalue weighted by Gasteiger charge is -2.08. The van der Waals surface area contributed by atoms with Gasteiger partial charge in [0, 0.05) is 11.0 Å². The standard InChI is InChI=1S/C12H15BrFNO3S/c1-9(2)8-18-6-5-15-19(16,17)12-4-3-10(13)7-11(12)14/h3-4,7,15H,1,5-6,8H2,2H3. The topological polar surface area (TPSA) is 55.4 Å². The summed E-state index contributed by atoms with van der Waals surface area (Å²) in [6.45, 7) is 6.10. The van der Waals surface area contributed by atoms with Crippen LogP contribution in [0.5, 0.6) is 0 Å². The molecule has 0 aromatic heterocycles. The molecule has 1 rings (SSSR count). The Labute approximate surface area is 120 Å². The minimum absolute atomic E-state index is 0.0745. The fraction of sp³-hybridized carbons (Fsp3) is 0.333. The van der Waals surface area contributed by atoms with Crippen LogP contribution in [0.2, 0.25) is 0 Å². The van der Waals surface area contributed by atoms with E-state index >= 15 is 0 Å². The predicted octanol–water partition coefficient (Wildman–Crippen LogP) is 2.46. The summed E-state index contributed by atoms with van der Waals surface area (Å²) in [7, 11) is -3.86. The molecule has 0 atom stereocenters. The third-order valence-electron chi connectivity index (χ3n) is 2.07. The Kier molecular flexibility index (Phi) is 6.12. The number of halogens is 2. The third-order valence-corrected chi connectivity index (χ3v) is 4.06. The number of rotatable bonds is 7. The van der Waals surface area contributed by atoms with Gasteiger partial charge in [-0.3, -0.25) is 0 Å². The number of sulfonamides is 1. The fourth-order valence-electron chi connectivity index (χ4n) is 1.27. The van der Waals surface area contributed by atoms with Gasteiger partial charge in [-0.2, -0.15) is 0 Å². The van der Waals surface area contributed by atoms with Gasteiger partial charge >= 0.3 is 0 Å². The van der Waals surface area contributed by atoms with E-state index in [1.165, 1.54) is 12.1 Å². The summed E-state index contributed by atoms with van der Waals surface area (Å²) in [5, 5.41) is 0. The van der Waals surface area contributed by atoms with Gasteiger partial charge < -0.3 is 4.74 Å². The quantitative estimate of drug-likeness (QED) is 0.606. The van der Waals surface area contributed by atoms with E-state index < -0.39 is 15.8 Å². The monoisotopic (exact) mass is 351 g/mol. The van der Waals surface area contributed by atoms with Crippen LogP contribution in [0, 0.1) is 5.82 Å². The van der Waals surface area contributed by atoms with E-state index in [-0.39, 0.29) is 18.0 Å². The first-order valence-electron chi connectivity index (χ1n) is 5.50. The van der Waals surface area contributed by atoms with E-state index in [9.17, 15) is 12.8 Å². The fourth-order valence-corrected chi connectivity index (χ4v) is 2.67. The Hall–Kier alpha value is -0.760. The zero-order valence-electron chi connectivity index (χ0n) is 10.4. The zero-order chi connectivity index (χ0) is 14.5. The Balaban J connectivity index is 2.59. The molecule has 0 saturated heterocycles. The largest absolute Gasteiger partial charge is 0.376 e. The molecule has 0 amide bonds. The van der Waals surface area contributed by atoms with Gasteiger partial charge in [0.1, 0.15) is 10.7 Å². The Bertz CT molecular complexity index is 560. The molecule has 1 aromatic carbocycles. The number of benzene rings is 1. The van der Waals surface area contributed by atoms with Crippen molar-refractivity contribution in [2.24, 2.45) is 0 Å². The Morgan fingerprint density at radius 2 is 2.21 bits per heavy atom. The molecule has 0 saturated carbocycles. The number of hydrogen-bond acceptors (Lipinski definition) is 3. The molecule has 0 bridgehead atoms.